The molecule has 0 aromatic carbocycles. The molecule has 4 aliphatic rings. The van der Waals surface area contributed by atoms with Gasteiger partial charge in [-0.2, -0.15) is 0 Å². The molecule has 0 aromatic rings. The van der Waals surface area contributed by atoms with Crippen molar-refractivity contribution in [3.63, 3.8) is 0 Å². The Labute approximate surface area is 135 Å². The summed E-state index contributed by atoms with van der Waals surface area (Å²) in [7, 11) is 0. The van der Waals surface area contributed by atoms with Crippen molar-refractivity contribution < 1.29 is 9.90 Å². The predicted octanol–water partition coefficient (Wildman–Crippen LogP) is 4.21. The summed E-state index contributed by atoms with van der Waals surface area (Å²) in [5, 5.41) is 10.5. The van der Waals surface area contributed by atoms with E-state index in [0.29, 0.717) is 17.1 Å². The fourth-order valence-corrected chi connectivity index (χ4v) is 7.38. The first-order chi connectivity index (χ1) is 10.4. The third kappa shape index (κ3) is 1.85. The predicted molar refractivity (Wildman–Crippen MR) is 87.3 cm³/mol. The Morgan fingerprint density at radius 1 is 1.00 bits per heavy atom. The Kier molecular flexibility index (Phi) is 3.32. The molecular weight excluding hydrogens is 272 g/mol. The molecule has 4 aliphatic carbocycles. The molecule has 0 heterocycles. The van der Waals surface area contributed by atoms with Crippen LogP contribution in [0.3, 0.4) is 0 Å². The number of rotatable bonds is 0. The minimum atomic E-state index is -0.0733. The topological polar surface area (TPSA) is 37.3 Å². The van der Waals surface area contributed by atoms with Crippen molar-refractivity contribution in [2.75, 3.05) is 0 Å². The molecule has 0 bridgehead atoms. The van der Waals surface area contributed by atoms with Gasteiger partial charge in [0.15, 0.2) is 0 Å². The summed E-state index contributed by atoms with van der Waals surface area (Å²) >= 11 is 0. The van der Waals surface area contributed by atoms with Crippen molar-refractivity contribution in [1.29, 1.82) is 0 Å². The molecule has 0 aromatic heterocycles. The van der Waals surface area contributed by atoms with Crippen LogP contribution in [0.25, 0.3) is 0 Å². The van der Waals surface area contributed by atoms with Crippen molar-refractivity contribution in [2.45, 2.75) is 78.2 Å². The van der Waals surface area contributed by atoms with Gasteiger partial charge in [0.1, 0.15) is 5.78 Å². The van der Waals surface area contributed by atoms with E-state index >= 15 is 0 Å². The summed E-state index contributed by atoms with van der Waals surface area (Å²) in [5.41, 5.74) is 0.561. The lowest BCUT2D eigenvalue weighted by molar-refractivity contribution is -0.148. The third-order valence-electron chi connectivity index (χ3n) is 8.76. The SMILES string of the molecule is CC1CC2(C)C(CCC3C4CCC(O)C4(C)CCC32)CC1=O. The van der Waals surface area contributed by atoms with Crippen LogP contribution in [-0.2, 0) is 4.79 Å². The fourth-order valence-electron chi connectivity index (χ4n) is 7.38. The maximum Gasteiger partial charge on any atom is 0.136 e. The number of ketones is 1. The lowest BCUT2D eigenvalue weighted by Crippen LogP contribution is -2.55. The highest BCUT2D eigenvalue weighted by Gasteiger charge is 2.60. The first-order valence-electron chi connectivity index (χ1n) is 9.57. The van der Waals surface area contributed by atoms with Crippen LogP contribution in [0.15, 0.2) is 0 Å². The molecule has 2 heteroatoms. The van der Waals surface area contributed by atoms with Gasteiger partial charge >= 0.3 is 0 Å². The van der Waals surface area contributed by atoms with Crippen LogP contribution in [0, 0.1) is 40.4 Å². The number of Topliss-reactive ketones (excluding diaryl/α,β-unsaturated/α-hetero) is 1. The van der Waals surface area contributed by atoms with Crippen LogP contribution in [0.2, 0.25) is 0 Å². The van der Waals surface area contributed by atoms with E-state index in [9.17, 15) is 9.90 Å². The van der Waals surface area contributed by atoms with E-state index in [4.69, 9.17) is 0 Å². The van der Waals surface area contributed by atoms with Gasteiger partial charge in [0, 0.05) is 12.3 Å². The van der Waals surface area contributed by atoms with Gasteiger partial charge in [0.05, 0.1) is 6.10 Å². The average molecular weight is 304 g/mol. The van der Waals surface area contributed by atoms with E-state index in [2.05, 4.69) is 20.8 Å². The zero-order chi connectivity index (χ0) is 15.7. The maximum absolute atomic E-state index is 12.2. The summed E-state index contributed by atoms with van der Waals surface area (Å²) in [6, 6.07) is 0. The van der Waals surface area contributed by atoms with Gasteiger partial charge in [0.2, 0.25) is 0 Å². The third-order valence-corrected chi connectivity index (χ3v) is 8.76. The molecule has 8 atom stereocenters. The Hall–Kier alpha value is -0.370. The molecule has 0 saturated heterocycles. The lowest BCUT2D eigenvalue weighted by Gasteiger charge is -2.60. The summed E-state index contributed by atoms with van der Waals surface area (Å²) in [5.74, 6) is 3.74. The number of aliphatic hydroxyl groups excluding tert-OH is 1. The molecule has 8 unspecified atom stereocenters. The normalized spacial score (nSPS) is 57.9. The highest BCUT2D eigenvalue weighted by Crippen LogP contribution is 2.66. The average Bonchev–Trinajstić information content (AvgIpc) is 2.77. The molecule has 4 saturated carbocycles. The number of hydrogen-bond donors (Lipinski definition) is 1. The number of hydrogen-bond acceptors (Lipinski definition) is 2. The van der Waals surface area contributed by atoms with Gasteiger partial charge in [-0.05, 0) is 79.4 Å². The van der Waals surface area contributed by atoms with Crippen LogP contribution >= 0.6 is 0 Å². The van der Waals surface area contributed by atoms with E-state index in [1.807, 2.05) is 0 Å². The highest BCUT2D eigenvalue weighted by atomic mass is 16.3. The standard InChI is InChI=1S/C20H32O2/c1-12-11-20(3)13(10-17(12)21)4-5-14-15-6-7-18(22)19(15,2)9-8-16(14)20/h12-16,18,22H,4-11H2,1-3H3. The molecule has 22 heavy (non-hydrogen) atoms. The van der Waals surface area contributed by atoms with E-state index < -0.39 is 0 Å². The van der Waals surface area contributed by atoms with Crippen LogP contribution < -0.4 is 0 Å². The first kappa shape index (κ1) is 15.2. The zero-order valence-corrected chi connectivity index (χ0v) is 14.5. The molecule has 124 valence electrons. The van der Waals surface area contributed by atoms with Crippen LogP contribution in [0.4, 0.5) is 0 Å². The zero-order valence-electron chi connectivity index (χ0n) is 14.5. The smallest absolute Gasteiger partial charge is 0.136 e. The Morgan fingerprint density at radius 2 is 1.73 bits per heavy atom. The van der Waals surface area contributed by atoms with E-state index in [1.54, 1.807) is 0 Å². The quantitative estimate of drug-likeness (QED) is 0.728. The van der Waals surface area contributed by atoms with E-state index in [1.165, 1.54) is 32.1 Å². The first-order valence-corrected chi connectivity index (χ1v) is 9.57. The van der Waals surface area contributed by atoms with Gasteiger partial charge in [-0.15, -0.1) is 0 Å². The van der Waals surface area contributed by atoms with Crippen LogP contribution in [0.5, 0.6) is 0 Å². The van der Waals surface area contributed by atoms with Crippen LogP contribution in [0.1, 0.15) is 72.1 Å². The number of carbonyl (C=O) groups is 1. The van der Waals surface area contributed by atoms with Crippen molar-refractivity contribution in [1.82, 2.24) is 0 Å². The van der Waals surface area contributed by atoms with Crippen molar-refractivity contribution in [2.24, 2.45) is 40.4 Å². The minimum absolute atomic E-state index is 0.0733. The second kappa shape index (κ2) is 4.82. The Balaban J connectivity index is 1.65. The second-order valence-electron chi connectivity index (χ2n) is 9.57. The summed E-state index contributed by atoms with van der Waals surface area (Å²) in [4.78, 5) is 12.2. The molecular formula is C20H32O2. The Bertz CT molecular complexity index is 486. The fraction of sp³-hybridized carbons (Fsp3) is 0.950. The van der Waals surface area contributed by atoms with E-state index in [-0.39, 0.29) is 17.4 Å². The summed E-state index contributed by atoms with van der Waals surface area (Å²) < 4.78 is 0. The highest BCUT2D eigenvalue weighted by molar-refractivity contribution is 5.82. The Morgan fingerprint density at radius 3 is 2.50 bits per heavy atom. The molecule has 0 radical (unpaired) electrons. The molecule has 2 nitrogen and oxygen atoms in total. The van der Waals surface area contributed by atoms with Gasteiger partial charge in [-0.1, -0.05) is 20.8 Å². The van der Waals surface area contributed by atoms with E-state index in [0.717, 1.165) is 37.0 Å². The second-order valence-corrected chi connectivity index (χ2v) is 9.57. The van der Waals surface area contributed by atoms with Crippen LogP contribution in [-0.4, -0.2) is 17.0 Å². The monoisotopic (exact) mass is 304 g/mol. The number of carbonyl (C=O) groups excluding carboxylic acids is 1. The van der Waals surface area contributed by atoms with Gasteiger partial charge in [0.25, 0.3) is 0 Å². The largest absolute Gasteiger partial charge is 0.393 e. The van der Waals surface area contributed by atoms with Crippen molar-refractivity contribution in [3.8, 4) is 0 Å². The van der Waals surface area contributed by atoms with Gasteiger partial charge in [-0.25, -0.2) is 0 Å². The van der Waals surface area contributed by atoms with Gasteiger partial charge < -0.3 is 5.11 Å². The summed E-state index contributed by atoms with van der Waals surface area (Å²) in [6.45, 7) is 7.01. The molecule has 4 rings (SSSR count). The molecule has 1 N–H and O–H groups in total. The molecule has 0 amide bonds. The van der Waals surface area contributed by atoms with Gasteiger partial charge in [-0.3, -0.25) is 4.79 Å². The maximum atomic E-state index is 12.2. The lowest BCUT2D eigenvalue weighted by atomic mass is 9.44. The van der Waals surface area contributed by atoms with Crippen molar-refractivity contribution >= 4 is 5.78 Å². The molecule has 0 spiro atoms. The number of aliphatic hydroxyl groups is 1. The van der Waals surface area contributed by atoms with Crippen molar-refractivity contribution in [3.05, 3.63) is 0 Å². The summed E-state index contributed by atoms with van der Waals surface area (Å²) in [6.07, 6.45) is 9.16. The number of fused-ring (bicyclic) bond motifs is 5. The minimum Gasteiger partial charge on any atom is -0.393 e. The molecule has 0 aliphatic heterocycles. The molecule has 4 fully saturated rings.